The Morgan fingerprint density at radius 2 is 2.50 bits per heavy atom. The van der Waals surface area contributed by atoms with Crippen LogP contribution in [0, 0.1) is 5.92 Å². The van der Waals surface area contributed by atoms with Gasteiger partial charge in [0.15, 0.2) is 0 Å². The number of hydrogen-bond donors (Lipinski definition) is 1. The second kappa shape index (κ2) is 3.42. The Hall–Kier alpha value is -1.26. The number of carbonyl (C=O) groups excluding carboxylic acids is 1. The van der Waals surface area contributed by atoms with Crippen molar-refractivity contribution in [2.45, 2.75) is 6.42 Å². The SMILES string of the molecule is CN1CC(CC(=O)O)COC1=O. The van der Waals surface area contributed by atoms with Crippen LogP contribution in [0.25, 0.3) is 0 Å². The van der Waals surface area contributed by atoms with Crippen molar-refractivity contribution in [3.63, 3.8) is 0 Å². The van der Waals surface area contributed by atoms with Crippen molar-refractivity contribution in [1.29, 1.82) is 0 Å². The van der Waals surface area contributed by atoms with Crippen LogP contribution in [0.1, 0.15) is 6.42 Å². The van der Waals surface area contributed by atoms with E-state index < -0.39 is 5.97 Å². The maximum atomic E-state index is 10.8. The van der Waals surface area contributed by atoms with E-state index in [1.165, 1.54) is 4.90 Å². The van der Waals surface area contributed by atoms with E-state index in [1.54, 1.807) is 7.05 Å². The molecule has 68 valence electrons. The van der Waals surface area contributed by atoms with Crippen molar-refractivity contribution in [3.05, 3.63) is 0 Å². The van der Waals surface area contributed by atoms with E-state index in [4.69, 9.17) is 9.84 Å². The lowest BCUT2D eigenvalue weighted by Crippen LogP contribution is -2.41. The van der Waals surface area contributed by atoms with Gasteiger partial charge >= 0.3 is 12.1 Å². The third-order valence-corrected chi connectivity index (χ3v) is 1.75. The predicted molar refractivity (Wildman–Crippen MR) is 39.7 cm³/mol. The Bertz CT molecular complexity index is 204. The zero-order valence-electron chi connectivity index (χ0n) is 6.82. The fraction of sp³-hybridized carbons (Fsp3) is 0.714. The fourth-order valence-corrected chi connectivity index (χ4v) is 1.18. The molecule has 0 aromatic rings. The lowest BCUT2D eigenvalue weighted by molar-refractivity contribution is -0.139. The highest BCUT2D eigenvalue weighted by Gasteiger charge is 2.25. The Balaban J connectivity index is 2.40. The van der Waals surface area contributed by atoms with Crippen LogP contribution in [0.5, 0.6) is 0 Å². The molecule has 5 nitrogen and oxygen atoms in total. The zero-order chi connectivity index (χ0) is 9.14. The third kappa shape index (κ3) is 2.11. The number of rotatable bonds is 2. The molecule has 0 saturated carbocycles. The summed E-state index contributed by atoms with van der Waals surface area (Å²) < 4.78 is 4.73. The first kappa shape index (κ1) is 8.83. The van der Waals surface area contributed by atoms with Crippen molar-refractivity contribution in [3.8, 4) is 0 Å². The minimum Gasteiger partial charge on any atom is -0.481 e. The van der Waals surface area contributed by atoms with Gasteiger partial charge in [0.1, 0.15) is 0 Å². The van der Waals surface area contributed by atoms with E-state index in [2.05, 4.69) is 0 Å². The lowest BCUT2D eigenvalue weighted by Gasteiger charge is -2.28. The molecule has 5 heteroatoms. The minimum atomic E-state index is -0.855. The second-order valence-corrected chi connectivity index (χ2v) is 2.92. The predicted octanol–water partition coefficient (Wildman–Crippen LogP) is 0.159. The summed E-state index contributed by atoms with van der Waals surface area (Å²) in [4.78, 5) is 22.5. The van der Waals surface area contributed by atoms with Crippen LogP contribution in [-0.2, 0) is 9.53 Å². The van der Waals surface area contributed by atoms with Crippen LogP contribution >= 0.6 is 0 Å². The molecule has 1 unspecified atom stereocenters. The summed E-state index contributed by atoms with van der Waals surface area (Å²) in [6.45, 7) is 0.681. The molecule has 1 aliphatic heterocycles. The number of aliphatic carboxylic acids is 1. The number of cyclic esters (lactones) is 1. The first-order valence-electron chi connectivity index (χ1n) is 3.69. The highest BCUT2D eigenvalue weighted by atomic mass is 16.6. The maximum absolute atomic E-state index is 10.8. The number of hydrogen-bond acceptors (Lipinski definition) is 3. The first-order chi connectivity index (χ1) is 5.59. The molecule has 0 spiro atoms. The van der Waals surface area contributed by atoms with Crippen molar-refractivity contribution < 1.29 is 19.4 Å². The zero-order valence-corrected chi connectivity index (χ0v) is 6.82. The van der Waals surface area contributed by atoms with Gasteiger partial charge in [-0.05, 0) is 0 Å². The summed E-state index contributed by atoms with van der Waals surface area (Å²) in [6, 6.07) is 0. The van der Waals surface area contributed by atoms with Crippen LogP contribution in [0.15, 0.2) is 0 Å². The van der Waals surface area contributed by atoms with E-state index in [0.717, 1.165) is 0 Å². The quantitative estimate of drug-likeness (QED) is 0.645. The third-order valence-electron chi connectivity index (χ3n) is 1.75. The highest BCUT2D eigenvalue weighted by molar-refractivity contribution is 5.69. The first-order valence-corrected chi connectivity index (χ1v) is 3.69. The molecule has 1 N–H and O–H groups in total. The molecule has 0 aromatic carbocycles. The normalized spacial score (nSPS) is 23.6. The van der Waals surface area contributed by atoms with Crippen molar-refractivity contribution in [1.82, 2.24) is 4.90 Å². The smallest absolute Gasteiger partial charge is 0.409 e. The van der Waals surface area contributed by atoms with E-state index in [-0.39, 0.29) is 25.0 Å². The van der Waals surface area contributed by atoms with Gasteiger partial charge in [-0.2, -0.15) is 0 Å². The van der Waals surface area contributed by atoms with E-state index in [0.29, 0.717) is 6.54 Å². The molecule has 1 aliphatic rings. The van der Waals surface area contributed by atoms with Gasteiger partial charge in [0, 0.05) is 19.5 Å². The van der Waals surface area contributed by atoms with E-state index in [9.17, 15) is 9.59 Å². The minimum absolute atomic E-state index is 0.0532. The summed E-state index contributed by atoms with van der Waals surface area (Å²) >= 11 is 0. The van der Waals surface area contributed by atoms with Gasteiger partial charge in [-0.1, -0.05) is 0 Å². The van der Waals surface area contributed by atoms with Crippen LogP contribution < -0.4 is 0 Å². The molecule has 1 saturated heterocycles. The molecule has 1 heterocycles. The largest absolute Gasteiger partial charge is 0.481 e. The molecule has 12 heavy (non-hydrogen) atoms. The molecular weight excluding hydrogens is 162 g/mol. The van der Waals surface area contributed by atoms with Gasteiger partial charge in [-0.15, -0.1) is 0 Å². The average Bonchev–Trinajstić information content (AvgIpc) is 1.96. The molecule has 0 aliphatic carbocycles. The van der Waals surface area contributed by atoms with Gasteiger partial charge < -0.3 is 14.7 Å². The Morgan fingerprint density at radius 3 is 3.00 bits per heavy atom. The van der Waals surface area contributed by atoms with E-state index in [1.807, 2.05) is 0 Å². The van der Waals surface area contributed by atoms with Gasteiger partial charge in [0.2, 0.25) is 0 Å². The van der Waals surface area contributed by atoms with Crippen LogP contribution in [0.2, 0.25) is 0 Å². The number of nitrogens with zero attached hydrogens (tertiary/aromatic N) is 1. The van der Waals surface area contributed by atoms with E-state index >= 15 is 0 Å². The molecule has 0 bridgehead atoms. The van der Waals surface area contributed by atoms with Crippen LogP contribution in [0.3, 0.4) is 0 Å². The van der Waals surface area contributed by atoms with Crippen molar-refractivity contribution >= 4 is 12.1 Å². The highest BCUT2D eigenvalue weighted by Crippen LogP contribution is 2.12. The summed E-state index contributed by atoms with van der Waals surface area (Å²) in [7, 11) is 1.59. The molecular formula is C7H11NO4. The van der Waals surface area contributed by atoms with Gasteiger partial charge in [-0.25, -0.2) is 4.79 Å². The number of ether oxygens (including phenoxy) is 1. The molecule has 1 rings (SSSR count). The van der Waals surface area contributed by atoms with Gasteiger partial charge in [0.05, 0.1) is 13.0 Å². The number of carboxylic acids is 1. The topological polar surface area (TPSA) is 66.8 Å². The van der Waals surface area contributed by atoms with Crippen LogP contribution in [-0.4, -0.2) is 42.3 Å². The maximum Gasteiger partial charge on any atom is 0.409 e. The molecule has 0 radical (unpaired) electrons. The summed E-state index contributed by atoms with van der Waals surface area (Å²) in [5.41, 5.74) is 0. The average molecular weight is 173 g/mol. The molecule has 1 amide bonds. The summed E-state index contributed by atoms with van der Waals surface area (Å²) in [6.07, 6.45) is -0.325. The number of amides is 1. The fourth-order valence-electron chi connectivity index (χ4n) is 1.18. The summed E-state index contributed by atoms with van der Waals surface area (Å²) in [5, 5.41) is 8.46. The molecule has 1 fully saturated rings. The Morgan fingerprint density at radius 1 is 1.83 bits per heavy atom. The van der Waals surface area contributed by atoms with Crippen molar-refractivity contribution in [2.24, 2.45) is 5.92 Å². The Kier molecular flexibility index (Phi) is 2.52. The second-order valence-electron chi connectivity index (χ2n) is 2.92. The lowest BCUT2D eigenvalue weighted by atomic mass is 10.1. The van der Waals surface area contributed by atoms with Crippen LogP contribution in [0.4, 0.5) is 4.79 Å². The standard InChI is InChI=1S/C7H11NO4/c1-8-3-5(2-6(9)10)4-12-7(8)11/h5H,2-4H2,1H3,(H,9,10). The Labute approximate surface area is 69.9 Å². The number of carbonyl (C=O) groups is 2. The van der Waals surface area contributed by atoms with Gasteiger partial charge in [0.25, 0.3) is 0 Å². The summed E-state index contributed by atoms with van der Waals surface area (Å²) in [5.74, 6) is -0.934. The van der Waals surface area contributed by atoms with Gasteiger partial charge in [-0.3, -0.25) is 4.79 Å². The monoisotopic (exact) mass is 173 g/mol. The molecule has 1 atom stereocenters. The van der Waals surface area contributed by atoms with Crippen molar-refractivity contribution in [2.75, 3.05) is 20.2 Å². The molecule has 0 aromatic heterocycles. The number of carboxylic acid groups (broad SMARTS) is 1.